The molecule has 0 saturated heterocycles. The molecule has 2 aliphatic carbocycles. The van der Waals surface area contributed by atoms with Gasteiger partial charge in [0.25, 0.3) is 0 Å². The van der Waals surface area contributed by atoms with E-state index in [9.17, 15) is 9.18 Å². The number of thioether (sulfide) groups is 1. The maximum absolute atomic E-state index is 12.9. The minimum atomic E-state index is -0.235. The van der Waals surface area contributed by atoms with E-state index in [1.165, 1.54) is 12.1 Å². The van der Waals surface area contributed by atoms with Crippen molar-refractivity contribution in [2.45, 2.75) is 11.3 Å². The van der Waals surface area contributed by atoms with Gasteiger partial charge in [-0.3, -0.25) is 4.79 Å². The van der Waals surface area contributed by atoms with Crippen LogP contribution >= 0.6 is 11.8 Å². The molecule has 2 unspecified atom stereocenters. The standard InChI is InChI=1S/C17H17FN2OS/c18-13-3-5-14(6-4-13)22-10-15-11-1-2-12(9-11)16(15)17(21)20-8-7-19/h1-6,11-12,15-16H,8-10H2,(H,20,21)/t11-,12?,15-,16?/m1/s1. The van der Waals surface area contributed by atoms with E-state index in [1.807, 2.05) is 6.07 Å². The summed E-state index contributed by atoms with van der Waals surface area (Å²) in [6.07, 6.45) is 5.38. The average molecular weight is 316 g/mol. The van der Waals surface area contributed by atoms with Gasteiger partial charge in [-0.05, 0) is 48.4 Å². The van der Waals surface area contributed by atoms with Crippen LogP contribution in [0, 0.1) is 40.8 Å². The molecule has 3 rings (SSSR count). The van der Waals surface area contributed by atoms with Crippen LogP contribution < -0.4 is 5.32 Å². The molecule has 5 heteroatoms. The summed E-state index contributed by atoms with van der Waals surface area (Å²) in [5, 5.41) is 11.3. The monoisotopic (exact) mass is 316 g/mol. The molecule has 1 aromatic rings. The molecule has 1 aromatic carbocycles. The lowest BCUT2D eigenvalue weighted by molar-refractivity contribution is -0.126. The number of hydrogen-bond acceptors (Lipinski definition) is 3. The Kier molecular flexibility index (Phi) is 4.49. The number of rotatable bonds is 5. The second-order valence-corrected chi connectivity index (χ2v) is 6.87. The minimum absolute atomic E-state index is 0.0110. The van der Waals surface area contributed by atoms with Crippen LogP contribution in [0.4, 0.5) is 4.39 Å². The molecule has 0 spiro atoms. The Labute approximate surface area is 133 Å². The molecule has 1 fully saturated rings. The van der Waals surface area contributed by atoms with Crippen molar-refractivity contribution >= 4 is 17.7 Å². The van der Waals surface area contributed by atoms with Crippen LogP contribution in [0.15, 0.2) is 41.3 Å². The first-order valence-electron chi connectivity index (χ1n) is 7.40. The highest BCUT2D eigenvalue weighted by Gasteiger charge is 2.47. The van der Waals surface area contributed by atoms with Gasteiger partial charge in [0.2, 0.25) is 5.91 Å². The fraction of sp³-hybridized carbons (Fsp3) is 0.412. The van der Waals surface area contributed by atoms with E-state index in [0.29, 0.717) is 11.8 Å². The van der Waals surface area contributed by atoms with Crippen LogP contribution in [0.25, 0.3) is 0 Å². The van der Waals surface area contributed by atoms with Crippen LogP contribution in [0.3, 0.4) is 0 Å². The van der Waals surface area contributed by atoms with Gasteiger partial charge in [-0.1, -0.05) is 12.2 Å². The summed E-state index contributed by atoms with van der Waals surface area (Å²) in [5.74, 6) is 1.56. The molecular weight excluding hydrogens is 299 g/mol. The maximum Gasteiger partial charge on any atom is 0.224 e. The van der Waals surface area contributed by atoms with Gasteiger partial charge in [0, 0.05) is 16.6 Å². The van der Waals surface area contributed by atoms with Crippen LogP contribution in [0.1, 0.15) is 6.42 Å². The summed E-state index contributed by atoms with van der Waals surface area (Å²) in [6.45, 7) is 0.0637. The number of halogens is 1. The van der Waals surface area contributed by atoms with E-state index in [1.54, 1.807) is 23.9 Å². The number of nitrogens with zero attached hydrogens (tertiary/aromatic N) is 1. The van der Waals surface area contributed by atoms with E-state index in [-0.39, 0.29) is 30.1 Å². The zero-order valence-corrected chi connectivity index (χ0v) is 12.9. The van der Waals surface area contributed by atoms with Gasteiger partial charge in [0.1, 0.15) is 12.4 Å². The van der Waals surface area contributed by atoms with Crippen LogP contribution in [-0.2, 0) is 4.79 Å². The number of hydrogen-bond donors (Lipinski definition) is 1. The third kappa shape index (κ3) is 3.02. The lowest BCUT2D eigenvalue weighted by Crippen LogP contribution is -2.38. The van der Waals surface area contributed by atoms with Crippen molar-refractivity contribution in [3.8, 4) is 6.07 Å². The van der Waals surface area contributed by atoms with E-state index in [2.05, 4.69) is 17.5 Å². The maximum atomic E-state index is 12.9. The van der Waals surface area contributed by atoms with Crippen molar-refractivity contribution in [2.75, 3.05) is 12.3 Å². The van der Waals surface area contributed by atoms with Crippen molar-refractivity contribution in [2.24, 2.45) is 23.7 Å². The molecule has 0 aromatic heterocycles. The van der Waals surface area contributed by atoms with Gasteiger partial charge in [-0.2, -0.15) is 5.26 Å². The smallest absolute Gasteiger partial charge is 0.224 e. The van der Waals surface area contributed by atoms with Gasteiger partial charge >= 0.3 is 0 Å². The number of benzene rings is 1. The Morgan fingerprint density at radius 3 is 2.77 bits per heavy atom. The van der Waals surface area contributed by atoms with Crippen molar-refractivity contribution in [1.82, 2.24) is 5.32 Å². The fourth-order valence-electron chi connectivity index (χ4n) is 3.51. The number of allylic oxidation sites excluding steroid dienone is 2. The zero-order chi connectivity index (χ0) is 15.5. The lowest BCUT2D eigenvalue weighted by atomic mass is 9.83. The summed E-state index contributed by atoms with van der Waals surface area (Å²) >= 11 is 1.67. The number of nitrogens with one attached hydrogen (secondary N) is 1. The topological polar surface area (TPSA) is 52.9 Å². The van der Waals surface area contributed by atoms with Gasteiger partial charge in [0.15, 0.2) is 0 Å². The summed E-state index contributed by atoms with van der Waals surface area (Å²) in [4.78, 5) is 13.3. The number of fused-ring (bicyclic) bond motifs is 2. The number of carbonyl (C=O) groups excluding carboxylic acids is 1. The summed E-state index contributed by atoms with van der Waals surface area (Å²) in [6, 6.07) is 8.41. The van der Waals surface area contributed by atoms with Crippen LogP contribution in [-0.4, -0.2) is 18.2 Å². The Morgan fingerprint density at radius 2 is 2.05 bits per heavy atom. The Bertz CT molecular complexity index is 623. The van der Waals surface area contributed by atoms with Gasteiger partial charge in [0.05, 0.1) is 6.07 Å². The van der Waals surface area contributed by atoms with Crippen molar-refractivity contribution in [3.05, 3.63) is 42.2 Å². The molecule has 3 nitrogen and oxygen atoms in total. The molecule has 1 N–H and O–H groups in total. The largest absolute Gasteiger partial charge is 0.343 e. The second-order valence-electron chi connectivity index (χ2n) is 5.78. The van der Waals surface area contributed by atoms with Gasteiger partial charge in [-0.25, -0.2) is 4.39 Å². The van der Waals surface area contributed by atoms with Crippen molar-refractivity contribution in [1.29, 1.82) is 5.26 Å². The third-order valence-electron chi connectivity index (χ3n) is 4.52. The lowest BCUT2D eigenvalue weighted by Gasteiger charge is -2.26. The van der Waals surface area contributed by atoms with E-state index < -0.39 is 0 Å². The van der Waals surface area contributed by atoms with Crippen LogP contribution in [0.2, 0.25) is 0 Å². The average Bonchev–Trinajstić information content (AvgIpc) is 3.13. The quantitative estimate of drug-likeness (QED) is 0.516. The van der Waals surface area contributed by atoms with Crippen molar-refractivity contribution < 1.29 is 9.18 Å². The third-order valence-corrected chi connectivity index (χ3v) is 5.68. The van der Waals surface area contributed by atoms with E-state index in [4.69, 9.17) is 5.26 Å². The molecule has 0 aliphatic heterocycles. The van der Waals surface area contributed by atoms with Gasteiger partial charge in [-0.15, -0.1) is 11.8 Å². The molecule has 0 radical (unpaired) electrons. The highest BCUT2D eigenvalue weighted by atomic mass is 32.2. The first kappa shape index (κ1) is 15.1. The normalized spacial score (nSPS) is 28.5. The van der Waals surface area contributed by atoms with Crippen LogP contribution in [0.5, 0.6) is 0 Å². The molecule has 22 heavy (non-hydrogen) atoms. The predicted molar refractivity (Wildman–Crippen MR) is 83.5 cm³/mol. The highest BCUT2D eigenvalue weighted by Crippen LogP contribution is 2.49. The molecule has 2 bridgehead atoms. The Morgan fingerprint density at radius 1 is 1.32 bits per heavy atom. The Balaban J connectivity index is 1.65. The predicted octanol–water partition coefficient (Wildman–Crippen LogP) is 3.00. The zero-order valence-electron chi connectivity index (χ0n) is 12.0. The summed E-state index contributed by atoms with van der Waals surface area (Å²) in [5.41, 5.74) is 0. The summed E-state index contributed by atoms with van der Waals surface area (Å²) < 4.78 is 12.9. The van der Waals surface area contributed by atoms with Crippen molar-refractivity contribution in [3.63, 3.8) is 0 Å². The first-order chi connectivity index (χ1) is 10.7. The Hall–Kier alpha value is -1.80. The second kappa shape index (κ2) is 6.53. The molecule has 2 aliphatic rings. The van der Waals surface area contributed by atoms with Gasteiger partial charge < -0.3 is 5.32 Å². The minimum Gasteiger partial charge on any atom is -0.343 e. The van der Waals surface area contributed by atoms with E-state index in [0.717, 1.165) is 17.1 Å². The molecule has 1 saturated carbocycles. The fourth-order valence-corrected chi connectivity index (χ4v) is 4.68. The molecule has 0 heterocycles. The SMILES string of the molecule is N#CCNC(=O)C1C2C=C[C@H](C2)[C@H]1CSc1ccc(F)cc1. The molecular formula is C17H17FN2OS. The van der Waals surface area contributed by atoms with E-state index >= 15 is 0 Å². The molecule has 1 amide bonds. The number of carbonyl (C=O) groups is 1. The number of nitriles is 1. The first-order valence-corrected chi connectivity index (χ1v) is 8.39. The molecule has 114 valence electrons. The highest BCUT2D eigenvalue weighted by molar-refractivity contribution is 7.99. The summed E-state index contributed by atoms with van der Waals surface area (Å²) in [7, 11) is 0. The number of amides is 1. The molecule has 4 atom stereocenters.